The number of carbonyl (C=O) groups is 1. The number of benzene rings is 1. The van der Waals surface area contributed by atoms with E-state index in [0.717, 1.165) is 0 Å². The molecule has 0 bridgehead atoms. The minimum absolute atomic E-state index is 0.0845. The zero-order valence-electron chi connectivity index (χ0n) is 10.4. The maximum atomic E-state index is 10.8. The van der Waals surface area contributed by atoms with Crippen LogP contribution in [0, 0.1) is 16.0 Å². The number of aliphatic carboxylic acids is 1. The lowest BCUT2D eigenvalue weighted by atomic mass is 10.1. The Morgan fingerprint density at radius 3 is 2.84 bits per heavy atom. The lowest BCUT2D eigenvalue weighted by Gasteiger charge is -2.09. The van der Waals surface area contributed by atoms with Gasteiger partial charge in [-0.15, -0.1) is 0 Å². The molecule has 0 aliphatic carbocycles. The minimum atomic E-state index is -0.836. The number of hydrogen-bond acceptors (Lipinski definition) is 4. The lowest BCUT2D eigenvalue weighted by molar-refractivity contribution is -0.383. The van der Waals surface area contributed by atoms with Crippen LogP contribution in [0.2, 0.25) is 5.02 Å². The van der Waals surface area contributed by atoms with Crippen LogP contribution in [0.25, 0.3) is 0 Å². The first kappa shape index (κ1) is 15.2. The molecule has 1 unspecified atom stereocenters. The van der Waals surface area contributed by atoms with Crippen LogP contribution in [0.1, 0.15) is 19.8 Å². The largest absolute Gasteiger partial charge is 0.481 e. The monoisotopic (exact) mass is 286 g/mol. The van der Waals surface area contributed by atoms with Gasteiger partial charge < -0.3 is 10.4 Å². The first-order valence-electron chi connectivity index (χ1n) is 5.82. The van der Waals surface area contributed by atoms with Crippen molar-refractivity contribution in [2.24, 2.45) is 5.92 Å². The summed E-state index contributed by atoms with van der Waals surface area (Å²) >= 11 is 5.70. The molecule has 1 aromatic rings. The van der Waals surface area contributed by atoms with Crippen LogP contribution >= 0.6 is 11.6 Å². The molecule has 2 N–H and O–H groups in total. The van der Waals surface area contributed by atoms with Crippen LogP contribution in [0.3, 0.4) is 0 Å². The Morgan fingerprint density at radius 1 is 1.58 bits per heavy atom. The van der Waals surface area contributed by atoms with Gasteiger partial charge in [0.15, 0.2) is 0 Å². The van der Waals surface area contributed by atoms with E-state index in [0.29, 0.717) is 30.1 Å². The van der Waals surface area contributed by atoms with Gasteiger partial charge in [-0.1, -0.05) is 18.5 Å². The van der Waals surface area contributed by atoms with Gasteiger partial charge >= 0.3 is 5.97 Å². The summed E-state index contributed by atoms with van der Waals surface area (Å²) < 4.78 is 0. The van der Waals surface area contributed by atoms with E-state index >= 15 is 0 Å². The van der Waals surface area contributed by atoms with Crippen LogP contribution in [0.5, 0.6) is 0 Å². The minimum Gasteiger partial charge on any atom is -0.481 e. The number of nitrogens with zero attached hydrogens (tertiary/aromatic N) is 1. The number of carboxylic acid groups (broad SMARTS) is 1. The summed E-state index contributed by atoms with van der Waals surface area (Å²) in [5.41, 5.74) is 0.302. The molecule has 0 aliphatic heterocycles. The molecule has 6 nitrogen and oxygen atoms in total. The zero-order valence-corrected chi connectivity index (χ0v) is 11.2. The number of nitro benzene ring substituents is 1. The Morgan fingerprint density at radius 2 is 2.26 bits per heavy atom. The van der Waals surface area contributed by atoms with Crippen molar-refractivity contribution in [1.82, 2.24) is 0 Å². The van der Waals surface area contributed by atoms with Crippen molar-refractivity contribution in [2.45, 2.75) is 19.8 Å². The van der Waals surface area contributed by atoms with Crippen LogP contribution < -0.4 is 5.32 Å². The highest BCUT2D eigenvalue weighted by atomic mass is 35.5. The third kappa shape index (κ3) is 4.75. The number of halogens is 1. The summed E-state index contributed by atoms with van der Waals surface area (Å²) in [6, 6.07) is 4.39. The topological polar surface area (TPSA) is 92.5 Å². The van der Waals surface area contributed by atoms with Crippen LogP contribution in [-0.4, -0.2) is 22.5 Å². The predicted molar refractivity (Wildman–Crippen MR) is 72.6 cm³/mol. The summed E-state index contributed by atoms with van der Waals surface area (Å²) in [6.07, 6.45) is 1.14. The highest BCUT2D eigenvalue weighted by Crippen LogP contribution is 2.27. The molecule has 7 heteroatoms. The maximum absolute atomic E-state index is 10.8. The molecule has 0 aliphatic rings. The van der Waals surface area contributed by atoms with Gasteiger partial charge in [0.2, 0.25) is 0 Å². The Labute approximate surface area is 115 Å². The Balaban J connectivity index is 2.54. The second-order valence-corrected chi connectivity index (χ2v) is 4.66. The van der Waals surface area contributed by atoms with E-state index in [1.54, 1.807) is 19.1 Å². The predicted octanol–water partition coefficient (Wildman–Crippen LogP) is 3.16. The van der Waals surface area contributed by atoms with Gasteiger partial charge in [-0.25, -0.2) is 0 Å². The third-order valence-electron chi connectivity index (χ3n) is 2.71. The molecule has 0 heterocycles. The smallest absolute Gasteiger partial charge is 0.306 e. The van der Waals surface area contributed by atoms with Crippen molar-refractivity contribution in [1.29, 1.82) is 0 Å². The van der Waals surface area contributed by atoms with Crippen molar-refractivity contribution in [2.75, 3.05) is 11.9 Å². The van der Waals surface area contributed by atoms with E-state index < -0.39 is 16.8 Å². The maximum Gasteiger partial charge on any atom is 0.306 e. The average molecular weight is 287 g/mol. The van der Waals surface area contributed by atoms with E-state index in [1.807, 2.05) is 0 Å². The van der Waals surface area contributed by atoms with Crippen molar-refractivity contribution < 1.29 is 14.8 Å². The molecule has 0 fully saturated rings. The molecule has 1 atom stereocenters. The molecular weight excluding hydrogens is 272 g/mol. The van der Waals surface area contributed by atoms with Crippen molar-refractivity contribution >= 4 is 28.9 Å². The van der Waals surface area contributed by atoms with E-state index in [9.17, 15) is 14.9 Å². The van der Waals surface area contributed by atoms with Gasteiger partial charge in [0.05, 0.1) is 10.8 Å². The number of anilines is 1. The highest BCUT2D eigenvalue weighted by Gasteiger charge is 2.14. The van der Waals surface area contributed by atoms with Crippen LogP contribution in [0.15, 0.2) is 18.2 Å². The van der Waals surface area contributed by atoms with Crippen molar-refractivity contribution in [3.63, 3.8) is 0 Å². The summed E-state index contributed by atoms with van der Waals surface area (Å²) in [5, 5.41) is 22.8. The molecule has 1 aromatic carbocycles. The normalized spacial score (nSPS) is 11.9. The fourth-order valence-corrected chi connectivity index (χ4v) is 1.73. The van der Waals surface area contributed by atoms with Gasteiger partial charge in [-0.05, 0) is 25.0 Å². The first-order chi connectivity index (χ1) is 8.91. The van der Waals surface area contributed by atoms with Gasteiger partial charge in [0.1, 0.15) is 5.69 Å². The fraction of sp³-hybridized carbons (Fsp3) is 0.417. The van der Waals surface area contributed by atoms with Crippen LogP contribution in [0.4, 0.5) is 11.4 Å². The number of nitro groups is 1. The summed E-state index contributed by atoms with van der Waals surface area (Å²) in [6.45, 7) is 2.10. The molecule has 0 spiro atoms. The van der Waals surface area contributed by atoms with E-state index in [-0.39, 0.29) is 5.69 Å². The van der Waals surface area contributed by atoms with Gasteiger partial charge in [0, 0.05) is 17.6 Å². The SMILES string of the molecule is CC(CCCNc1ccc(Cl)cc1[N+](=O)[O-])C(=O)O. The quantitative estimate of drug-likeness (QED) is 0.456. The molecule has 0 aromatic heterocycles. The molecular formula is C12H15ClN2O4. The second kappa shape index (κ2) is 6.94. The van der Waals surface area contributed by atoms with Crippen LogP contribution in [-0.2, 0) is 4.79 Å². The molecule has 0 amide bonds. The summed E-state index contributed by atoms with van der Waals surface area (Å²) in [5.74, 6) is -1.25. The number of hydrogen-bond donors (Lipinski definition) is 2. The first-order valence-corrected chi connectivity index (χ1v) is 6.20. The number of carboxylic acids is 1. The summed E-state index contributed by atoms with van der Waals surface area (Å²) in [7, 11) is 0. The van der Waals surface area contributed by atoms with E-state index in [2.05, 4.69) is 5.32 Å². The summed E-state index contributed by atoms with van der Waals surface area (Å²) in [4.78, 5) is 20.9. The van der Waals surface area contributed by atoms with Gasteiger partial charge in [-0.3, -0.25) is 14.9 Å². The van der Waals surface area contributed by atoms with Crippen molar-refractivity contribution in [3.8, 4) is 0 Å². The van der Waals surface area contributed by atoms with E-state index in [4.69, 9.17) is 16.7 Å². The highest BCUT2D eigenvalue weighted by molar-refractivity contribution is 6.30. The Hall–Kier alpha value is -1.82. The molecule has 0 saturated carbocycles. The average Bonchev–Trinajstić information content (AvgIpc) is 2.35. The van der Waals surface area contributed by atoms with E-state index in [1.165, 1.54) is 6.07 Å². The molecule has 104 valence electrons. The van der Waals surface area contributed by atoms with Gasteiger partial charge in [-0.2, -0.15) is 0 Å². The zero-order chi connectivity index (χ0) is 14.4. The third-order valence-corrected chi connectivity index (χ3v) is 2.94. The standard InChI is InChI=1S/C12H15ClN2O4/c1-8(12(16)17)3-2-6-14-10-5-4-9(13)7-11(10)15(18)19/h4-5,7-8,14H,2-3,6H2,1H3,(H,16,17). The number of rotatable bonds is 7. The molecule has 0 saturated heterocycles. The molecule has 1 rings (SSSR count). The fourth-order valence-electron chi connectivity index (χ4n) is 1.56. The number of nitrogens with one attached hydrogen (secondary N) is 1. The Kier molecular flexibility index (Phi) is 5.57. The lowest BCUT2D eigenvalue weighted by Crippen LogP contribution is -2.12. The molecule has 0 radical (unpaired) electrons. The second-order valence-electron chi connectivity index (χ2n) is 4.23. The Bertz CT molecular complexity index is 479. The van der Waals surface area contributed by atoms with Crippen molar-refractivity contribution in [3.05, 3.63) is 33.3 Å². The molecule has 19 heavy (non-hydrogen) atoms. The van der Waals surface area contributed by atoms with Gasteiger partial charge in [0.25, 0.3) is 5.69 Å².